The number of nitriles is 1. The van der Waals surface area contributed by atoms with Gasteiger partial charge in [-0.05, 0) is 35.4 Å². The van der Waals surface area contributed by atoms with Crippen molar-refractivity contribution in [3.8, 4) is 17.6 Å². The molecule has 4 heteroatoms. The Morgan fingerprint density at radius 3 is 2.29 bits per heavy atom. The number of alkyl halides is 2. The Balaban J connectivity index is 2.34. The number of ether oxygens (including phenoxy) is 1. The zero-order valence-electron chi connectivity index (χ0n) is 11.1. The third kappa shape index (κ3) is 2.52. The van der Waals surface area contributed by atoms with Crippen molar-refractivity contribution in [1.82, 2.24) is 0 Å². The van der Waals surface area contributed by atoms with Crippen LogP contribution in [0.25, 0.3) is 11.1 Å². The van der Waals surface area contributed by atoms with Crippen LogP contribution < -0.4 is 4.74 Å². The average Bonchev–Trinajstić information content (AvgIpc) is 2.67. The summed E-state index contributed by atoms with van der Waals surface area (Å²) < 4.78 is 6.07. The average molecular weight is 405 g/mol. The fraction of sp³-hybridized carbons (Fsp3) is 0.118. The normalized spacial score (nSPS) is 12.8. The number of hydrogen-bond donors (Lipinski definition) is 0. The zero-order chi connectivity index (χ0) is 14.8. The molecule has 3 rings (SSSR count). The van der Waals surface area contributed by atoms with Crippen LogP contribution in [0, 0.1) is 11.3 Å². The number of rotatable bonds is 2. The minimum atomic E-state index is 0.635. The number of fused-ring (bicyclic) bond motifs is 2. The van der Waals surface area contributed by atoms with E-state index in [2.05, 4.69) is 44.0 Å². The summed E-state index contributed by atoms with van der Waals surface area (Å²) in [5, 5.41) is 10.6. The third-order valence-corrected chi connectivity index (χ3v) is 4.62. The maximum absolute atomic E-state index is 9.14. The van der Waals surface area contributed by atoms with E-state index in [4.69, 9.17) is 10.00 Å². The summed E-state index contributed by atoms with van der Waals surface area (Å²) in [4.78, 5) is 0. The molecule has 0 N–H and O–H groups in total. The molecule has 21 heavy (non-hydrogen) atoms. The molecule has 0 bridgehead atoms. The highest BCUT2D eigenvalue weighted by molar-refractivity contribution is 9.09. The van der Waals surface area contributed by atoms with E-state index in [1.807, 2.05) is 30.3 Å². The van der Waals surface area contributed by atoms with Gasteiger partial charge in [0.05, 0.1) is 11.6 Å². The summed E-state index contributed by atoms with van der Waals surface area (Å²) >= 11 is 7.16. The standard InChI is InChI=1S/C17H11Br2NO/c18-8-14-12-3-1-2-4-16(12)21-17-6-5-11(10-20)7-13(17)15(14)9-19/h1-7H,8-9H2. The molecular weight excluding hydrogens is 394 g/mol. The highest BCUT2D eigenvalue weighted by atomic mass is 79.9. The Bertz CT molecular complexity index is 775. The van der Waals surface area contributed by atoms with Gasteiger partial charge in [0.1, 0.15) is 11.5 Å². The third-order valence-electron chi connectivity index (χ3n) is 3.50. The van der Waals surface area contributed by atoms with Gasteiger partial charge in [-0.3, -0.25) is 0 Å². The number of allylic oxidation sites excluding steroid dienone is 2. The molecule has 0 spiro atoms. The molecule has 2 aromatic carbocycles. The van der Waals surface area contributed by atoms with Gasteiger partial charge < -0.3 is 4.74 Å². The Morgan fingerprint density at radius 1 is 0.905 bits per heavy atom. The number of para-hydroxylation sites is 1. The van der Waals surface area contributed by atoms with Crippen LogP contribution in [-0.2, 0) is 0 Å². The Kier molecular flexibility index (Phi) is 4.14. The summed E-state index contributed by atoms with van der Waals surface area (Å²) in [5.74, 6) is 1.63. The van der Waals surface area contributed by atoms with Crippen LogP contribution in [0.2, 0.25) is 0 Å². The van der Waals surface area contributed by atoms with Gasteiger partial charge in [0.2, 0.25) is 0 Å². The number of halogens is 2. The molecule has 2 nitrogen and oxygen atoms in total. The molecule has 0 atom stereocenters. The van der Waals surface area contributed by atoms with Crippen molar-refractivity contribution in [3.63, 3.8) is 0 Å². The Hall–Kier alpha value is -1.57. The van der Waals surface area contributed by atoms with Crippen LogP contribution in [0.15, 0.2) is 42.5 Å². The minimum Gasteiger partial charge on any atom is -0.456 e. The molecule has 1 aliphatic heterocycles. The maximum atomic E-state index is 9.14. The second-order valence-corrected chi connectivity index (χ2v) is 5.77. The van der Waals surface area contributed by atoms with Crippen molar-refractivity contribution in [2.24, 2.45) is 0 Å². The Morgan fingerprint density at radius 2 is 1.57 bits per heavy atom. The van der Waals surface area contributed by atoms with Crippen LogP contribution in [0.4, 0.5) is 0 Å². The van der Waals surface area contributed by atoms with E-state index in [0.29, 0.717) is 10.9 Å². The second kappa shape index (κ2) is 6.05. The molecule has 0 saturated heterocycles. The van der Waals surface area contributed by atoms with Gasteiger partial charge >= 0.3 is 0 Å². The minimum absolute atomic E-state index is 0.635. The molecule has 0 saturated carbocycles. The van der Waals surface area contributed by atoms with Gasteiger partial charge in [-0.1, -0.05) is 50.1 Å². The molecule has 0 aliphatic carbocycles. The maximum Gasteiger partial charge on any atom is 0.135 e. The van der Waals surface area contributed by atoms with E-state index in [1.165, 1.54) is 5.57 Å². The van der Waals surface area contributed by atoms with Crippen molar-refractivity contribution in [1.29, 1.82) is 5.26 Å². The predicted octanol–water partition coefficient (Wildman–Crippen LogP) is 5.36. The highest BCUT2D eigenvalue weighted by Crippen LogP contribution is 2.43. The fourth-order valence-corrected chi connectivity index (χ4v) is 3.76. The molecular formula is C17H11Br2NO. The largest absolute Gasteiger partial charge is 0.456 e. The number of hydrogen-bond acceptors (Lipinski definition) is 2. The lowest BCUT2D eigenvalue weighted by Gasteiger charge is -2.10. The van der Waals surface area contributed by atoms with Crippen LogP contribution in [0.3, 0.4) is 0 Å². The van der Waals surface area contributed by atoms with E-state index in [-0.39, 0.29) is 0 Å². The van der Waals surface area contributed by atoms with Crippen molar-refractivity contribution < 1.29 is 4.74 Å². The first-order chi connectivity index (χ1) is 10.3. The molecule has 104 valence electrons. The molecule has 0 amide bonds. The summed E-state index contributed by atoms with van der Waals surface area (Å²) in [7, 11) is 0. The van der Waals surface area contributed by atoms with E-state index in [0.717, 1.165) is 33.5 Å². The van der Waals surface area contributed by atoms with Crippen LogP contribution in [-0.4, -0.2) is 10.7 Å². The lowest BCUT2D eigenvalue weighted by Crippen LogP contribution is -1.94. The molecule has 0 aromatic heterocycles. The smallest absolute Gasteiger partial charge is 0.135 e. The monoisotopic (exact) mass is 403 g/mol. The summed E-state index contributed by atoms with van der Waals surface area (Å²) in [6.07, 6.45) is 0. The van der Waals surface area contributed by atoms with Gasteiger partial charge in [-0.25, -0.2) is 0 Å². The molecule has 2 aromatic rings. The van der Waals surface area contributed by atoms with Crippen molar-refractivity contribution in [2.75, 3.05) is 10.7 Å². The van der Waals surface area contributed by atoms with Gasteiger partial charge in [-0.2, -0.15) is 5.26 Å². The summed E-state index contributed by atoms with van der Waals surface area (Å²) in [6, 6.07) is 15.7. The quantitative estimate of drug-likeness (QED) is 0.630. The van der Waals surface area contributed by atoms with E-state index < -0.39 is 0 Å². The van der Waals surface area contributed by atoms with Crippen molar-refractivity contribution >= 4 is 43.0 Å². The first kappa shape index (κ1) is 14.4. The topological polar surface area (TPSA) is 33.0 Å². The summed E-state index contributed by atoms with van der Waals surface area (Å²) in [5.41, 5.74) is 5.01. The SMILES string of the molecule is N#Cc1ccc2c(c1)C(CBr)=C(CBr)c1ccccc1O2. The highest BCUT2D eigenvalue weighted by Gasteiger charge is 2.22. The zero-order valence-corrected chi connectivity index (χ0v) is 14.2. The van der Waals surface area contributed by atoms with E-state index >= 15 is 0 Å². The fourth-order valence-electron chi connectivity index (χ4n) is 2.48. The summed E-state index contributed by atoms with van der Waals surface area (Å²) in [6.45, 7) is 0. The number of benzene rings is 2. The van der Waals surface area contributed by atoms with Gasteiger partial charge in [0.25, 0.3) is 0 Å². The molecule has 0 radical (unpaired) electrons. The van der Waals surface area contributed by atoms with Crippen molar-refractivity contribution in [2.45, 2.75) is 0 Å². The van der Waals surface area contributed by atoms with Crippen LogP contribution >= 0.6 is 31.9 Å². The van der Waals surface area contributed by atoms with E-state index in [9.17, 15) is 0 Å². The van der Waals surface area contributed by atoms with Gasteiger partial charge in [0, 0.05) is 21.8 Å². The number of nitrogens with zero attached hydrogens (tertiary/aromatic N) is 1. The molecule has 0 unspecified atom stereocenters. The first-order valence-electron chi connectivity index (χ1n) is 6.44. The van der Waals surface area contributed by atoms with Gasteiger partial charge in [0.15, 0.2) is 0 Å². The van der Waals surface area contributed by atoms with Crippen molar-refractivity contribution in [3.05, 3.63) is 59.2 Å². The first-order valence-corrected chi connectivity index (χ1v) is 8.68. The predicted molar refractivity (Wildman–Crippen MR) is 92.1 cm³/mol. The van der Waals surface area contributed by atoms with E-state index in [1.54, 1.807) is 6.07 Å². The molecule has 0 fully saturated rings. The second-order valence-electron chi connectivity index (χ2n) is 4.65. The lowest BCUT2D eigenvalue weighted by atomic mass is 9.96. The molecule has 1 heterocycles. The lowest BCUT2D eigenvalue weighted by molar-refractivity contribution is 0.481. The Labute approximate surface area is 140 Å². The van der Waals surface area contributed by atoms with Gasteiger partial charge in [-0.15, -0.1) is 0 Å². The van der Waals surface area contributed by atoms with Crippen LogP contribution in [0.1, 0.15) is 16.7 Å². The molecule has 1 aliphatic rings. The van der Waals surface area contributed by atoms with Crippen LogP contribution in [0.5, 0.6) is 11.5 Å².